The highest BCUT2D eigenvalue weighted by molar-refractivity contribution is 5.99. The van der Waals surface area contributed by atoms with Crippen LogP contribution in [0.15, 0.2) is 48.5 Å². The lowest BCUT2D eigenvalue weighted by Gasteiger charge is -2.08. The van der Waals surface area contributed by atoms with E-state index in [-0.39, 0.29) is 0 Å². The maximum Gasteiger partial charge on any atom is 0.323 e. The van der Waals surface area contributed by atoms with Gasteiger partial charge >= 0.3 is 6.03 Å². The first-order valence-electron chi connectivity index (χ1n) is 5.97. The minimum Gasteiger partial charge on any atom is -0.308 e. The molecule has 0 aromatic heterocycles. The molecule has 0 aliphatic rings. The second-order valence-electron chi connectivity index (χ2n) is 4.12. The van der Waals surface area contributed by atoms with Crippen molar-refractivity contribution in [2.45, 2.75) is 6.42 Å². The van der Waals surface area contributed by atoms with Crippen molar-refractivity contribution >= 4 is 17.4 Å². The van der Waals surface area contributed by atoms with Crippen molar-refractivity contribution in [2.24, 2.45) is 0 Å². The first kappa shape index (κ1) is 13.6. The molecule has 20 heavy (non-hydrogen) atoms. The molecule has 100 valence electrons. The van der Waals surface area contributed by atoms with E-state index in [1.54, 1.807) is 30.3 Å². The van der Waals surface area contributed by atoms with E-state index < -0.39 is 11.8 Å². The predicted octanol–water partition coefficient (Wildman–Crippen LogP) is 3.54. The number of anilines is 2. The molecular formula is C15H12FN3O. The van der Waals surface area contributed by atoms with E-state index in [0.717, 1.165) is 5.56 Å². The second-order valence-corrected chi connectivity index (χ2v) is 4.12. The van der Waals surface area contributed by atoms with Gasteiger partial charge in [0, 0.05) is 11.4 Å². The quantitative estimate of drug-likeness (QED) is 0.895. The Kier molecular flexibility index (Phi) is 4.30. The lowest BCUT2D eigenvalue weighted by atomic mass is 10.1. The summed E-state index contributed by atoms with van der Waals surface area (Å²) in [7, 11) is 0. The minimum absolute atomic E-state index is 0.329. The number of hydrogen-bond donors (Lipinski definition) is 2. The van der Waals surface area contributed by atoms with E-state index in [2.05, 4.69) is 10.6 Å². The average molecular weight is 269 g/mol. The molecule has 2 rings (SSSR count). The van der Waals surface area contributed by atoms with E-state index in [1.165, 1.54) is 18.2 Å². The molecule has 2 aromatic carbocycles. The number of urea groups is 1. The van der Waals surface area contributed by atoms with Crippen molar-refractivity contribution in [3.05, 3.63) is 59.9 Å². The SMILES string of the molecule is N#CCc1ccc(NC(=O)Nc2cccc(F)c2)cc1. The Balaban J connectivity index is 1.96. The number of nitrogens with one attached hydrogen (secondary N) is 2. The van der Waals surface area contributed by atoms with Crippen LogP contribution < -0.4 is 10.6 Å². The summed E-state index contributed by atoms with van der Waals surface area (Å²) in [5.74, 6) is -0.413. The second kappa shape index (κ2) is 6.34. The normalized spacial score (nSPS) is 9.60. The molecule has 0 heterocycles. The van der Waals surface area contributed by atoms with Crippen molar-refractivity contribution in [1.29, 1.82) is 5.26 Å². The molecule has 2 N–H and O–H groups in total. The molecule has 0 aliphatic heterocycles. The molecule has 0 fully saturated rings. The average Bonchev–Trinajstić information content (AvgIpc) is 2.41. The molecule has 2 aromatic rings. The van der Waals surface area contributed by atoms with Gasteiger partial charge in [0.05, 0.1) is 12.5 Å². The maximum atomic E-state index is 13.0. The summed E-state index contributed by atoms with van der Waals surface area (Å²) in [6.07, 6.45) is 0.329. The monoisotopic (exact) mass is 269 g/mol. The number of carbonyl (C=O) groups excluding carboxylic acids is 1. The van der Waals surface area contributed by atoms with Gasteiger partial charge < -0.3 is 10.6 Å². The van der Waals surface area contributed by atoms with Gasteiger partial charge in [0.25, 0.3) is 0 Å². The third kappa shape index (κ3) is 3.82. The number of carbonyl (C=O) groups is 1. The zero-order valence-electron chi connectivity index (χ0n) is 10.6. The van der Waals surface area contributed by atoms with Crippen LogP contribution in [0.3, 0.4) is 0 Å². The summed E-state index contributed by atoms with van der Waals surface area (Å²) in [5.41, 5.74) is 1.85. The number of benzene rings is 2. The Hall–Kier alpha value is -2.87. The number of nitriles is 1. The molecule has 0 radical (unpaired) electrons. The summed E-state index contributed by atoms with van der Waals surface area (Å²) in [4.78, 5) is 11.7. The van der Waals surface area contributed by atoms with E-state index >= 15 is 0 Å². The van der Waals surface area contributed by atoms with Gasteiger partial charge in [0.2, 0.25) is 0 Å². The fraction of sp³-hybridized carbons (Fsp3) is 0.0667. The number of hydrogen-bond acceptors (Lipinski definition) is 2. The fourth-order valence-electron chi connectivity index (χ4n) is 1.66. The van der Waals surface area contributed by atoms with Crippen molar-refractivity contribution in [3.63, 3.8) is 0 Å². The summed E-state index contributed by atoms with van der Waals surface area (Å²) in [6, 6.07) is 14.2. The van der Waals surface area contributed by atoms with Crippen LogP contribution in [0.2, 0.25) is 0 Å². The first-order chi connectivity index (χ1) is 9.67. The van der Waals surface area contributed by atoms with Gasteiger partial charge in [0.15, 0.2) is 0 Å². The van der Waals surface area contributed by atoms with E-state index in [1.807, 2.05) is 6.07 Å². The van der Waals surface area contributed by atoms with Crippen molar-refractivity contribution in [2.75, 3.05) is 10.6 Å². The lowest BCUT2D eigenvalue weighted by Crippen LogP contribution is -2.19. The Labute approximate surface area is 115 Å². The predicted molar refractivity (Wildman–Crippen MR) is 74.8 cm³/mol. The van der Waals surface area contributed by atoms with Crippen LogP contribution in [0.25, 0.3) is 0 Å². The summed E-state index contributed by atoms with van der Waals surface area (Å²) in [5, 5.41) is 13.7. The smallest absolute Gasteiger partial charge is 0.308 e. The van der Waals surface area contributed by atoms with Gasteiger partial charge in [-0.1, -0.05) is 18.2 Å². The minimum atomic E-state index is -0.455. The van der Waals surface area contributed by atoms with Crippen LogP contribution in [0, 0.1) is 17.1 Å². The van der Waals surface area contributed by atoms with Crippen molar-refractivity contribution < 1.29 is 9.18 Å². The zero-order valence-corrected chi connectivity index (χ0v) is 10.6. The Bertz CT molecular complexity index is 647. The first-order valence-corrected chi connectivity index (χ1v) is 5.97. The van der Waals surface area contributed by atoms with Crippen LogP contribution in [-0.4, -0.2) is 6.03 Å². The Morgan fingerprint density at radius 3 is 2.45 bits per heavy atom. The molecule has 0 saturated carbocycles. The summed E-state index contributed by atoms with van der Waals surface area (Å²) >= 11 is 0. The third-order valence-electron chi connectivity index (χ3n) is 2.58. The Morgan fingerprint density at radius 2 is 1.80 bits per heavy atom. The number of amides is 2. The summed E-state index contributed by atoms with van der Waals surface area (Å²) in [6.45, 7) is 0. The van der Waals surface area contributed by atoms with Crippen LogP contribution in [0.5, 0.6) is 0 Å². The zero-order chi connectivity index (χ0) is 14.4. The highest BCUT2D eigenvalue weighted by Crippen LogP contribution is 2.12. The lowest BCUT2D eigenvalue weighted by molar-refractivity contribution is 0.262. The van der Waals surface area contributed by atoms with Crippen molar-refractivity contribution in [1.82, 2.24) is 0 Å². The summed E-state index contributed by atoms with van der Waals surface area (Å²) < 4.78 is 13.0. The van der Waals surface area contributed by atoms with E-state index in [4.69, 9.17) is 5.26 Å². The molecule has 2 amide bonds. The van der Waals surface area contributed by atoms with Gasteiger partial charge in [-0.25, -0.2) is 9.18 Å². The van der Waals surface area contributed by atoms with Gasteiger partial charge in [-0.05, 0) is 35.9 Å². The third-order valence-corrected chi connectivity index (χ3v) is 2.58. The standard InChI is InChI=1S/C15H12FN3O/c16-12-2-1-3-14(10-12)19-15(20)18-13-6-4-11(5-7-13)8-9-17/h1-7,10H,8H2,(H2,18,19,20). The molecular weight excluding hydrogens is 257 g/mol. The largest absolute Gasteiger partial charge is 0.323 e. The molecule has 0 saturated heterocycles. The fourth-order valence-corrected chi connectivity index (χ4v) is 1.66. The van der Waals surface area contributed by atoms with Crippen molar-refractivity contribution in [3.8, 4) is 6.07 Å². The van der Waals surface area contributed by atoms with Crippen LogP contribution in [0.1, 0.15) is 5.56 Å². The molecule has 0 unspecified atom stereocenters. The number of nitrogens with zero attached hydrogens (tertiary/aromatic N) is 1. The molecule has 0 atom stereocenters. The van der Waals surface area contributed by atoms with Gasteiger partial charge in [-0.15, -0.1) is 0 Å². The van der Waals surface area contributed by atoms with Crippen LogP contribution in [0.4, 0.5) is 20.6 Å². The molecule has 4 nitrogen and oxygen atoms in total. The number of halogens is 1. The Morgan fingerprint density at radius 1 is 1.10 bits per heavy atom. The van der Waals surface area contributed by atoms with Crippen LogP contribution in [-0.2, 0) is 6.42 Å². The van der Waals surface area contributed by atoms with E-state index in [0.29, 0.717) is 17.8 Å². The van der Waals surface area contributed by atoms with E-state index in [9.17, 15) is 9.18 Å². The maximum absolute atomic E-state index is 13.0. The molecule has 0 bridgehead atoms. The number of rotatable bonds is 3. The molecule has 5 heteroatoms. The highest BCUT2D eigenvalue weighted by Gasteiger charge is 2.03. The topological polar surface area (TPSA) is 64.9 Å². The molecule has 0 spiro atoms. The molecule has 0 aliphatic carbocycles. The van der Waals surface area contributed by atoms with Gasteiger partial charge in [0.1, 0.15) is 5.82 Å². The van der Waals surface area contributed by atoms with Gasteiger partial charge in [-0.2, -0.15) is 5.26 Å². The highest BCUT2D eigenvalue weighted by atomic mass is 19.1. The van der Waals surface area contributed by atoms with Crippen LogP contribution >= 0.6 is 0 Å². The van der Waals surface area contributed by atoms with Gasteiger partial charge in [-0.3, -0.25) is 0 Å².